The first-order valence-corrected chi connectivity index (χ1v) is 5.57. The Bertz CT molecular complexity index is 336. The highest BCUT2D eigenvalue weighted by Crippen LogP contribution is 2.31. The Balaban J connectivity index is 2.20. The monoisotopic (exact) mass is 208 g/mol. The number of benzene rings is 1. The van der Waals surface area contributed by atoms with Crippen LogP contribution in [0.15, 0.2) is 24.3 Å². The number of nitrogens with two attached hydrogens (primary N) is 1. The third-order valence-corrected chi connectivity index (χ3v) is 3.42. The molecule has 2 rings (SSSR count). The third-order valence-electron chi connectivity index (χ3n) is 2.16. The predicted molar refractivity (Wildman–Crippen MR) is 59.1 cm³/mol. The Morgan fingerprint density at radius 2 is 2.07 bits per heavy atom. The summed E-state index contributed by atoms with van der Waals surface area (Å²) < 4.78 is 0. The molecule has 1 aromatic carbocycles. The van der Waals surface area contributed by atoms with E-state index in [4.69, 9.17) is 5.73 Å². The van der Waals surface area contributed by atoms with Gasteiger partial charge in [0.2, 0.25) is 5.91 Å². The van der Waals surface area contributed by atoms with E-state index in [2.05, 4.69) is 5.32 Å². The molecule has 0 aliphatic carbocycles. The van der Waals surface area contributed by atoms with E-state index in [0.717, 1.165) is 23.5 Å². The SMILES string of the molecule is Nc1ccc(C2SCCNC2=O)cc1. The van der Waals surface area contributed by atoms with Crippen molar-refractivity contribution in [2.75, 3.05) is 18.0 Å². The fourth-order valence-corrected chi connectivity index (χ4v) is 2.48. The second kappa shape index (κ2) is 3.92. The molecule has 1 amide bonds. The molecule has 1 fully saturated rings. The maximum Gasteiger partial charge on any atom is 0.237 e. The smallest absolute Gasteiger partial charge is 0.237 e. The molecule has 1 atom stereocenters. The van der Waals surface area contributed by atoms with E-state index in [9.17, 15) is 4.79 Å². The number of carbonyl (C=O) groups excluding carboxylic acids is 1. The molecular weight excluding hydrogens is 196 g/mol. The number of nitrogens with one attached hydrogen (secondary N) is 1. The van der Waals surface area contributed by atoms with E-state index >= 15 is 0 Å². The molecule has 0 saturated carbocycles. The van der Waals surface area contributed by atoms with Crippen molar-refractivity contribution < 1.29 is 4.79 Å². The predicted octanol–water partition coefficient (Wildman–Crippen LogP) is 1.17. The van der Waals surface area contributed by atoms with Crippen LogP contribution in [0.4, 0.5) is 5.69 Å². The van der Waals surface area contributed by atoms with Gasteiger partial charge in [-0.05, 0) is 17.7 Å². The minimum atomic E-state index is -0.0654. The first kappa shape index (κ1) is 9.40. The Labute approximate surface area is 87.1 Å². The lowest BCUT2D eigenvalue weighted by atomic mass is 10.1. The Kier molecular flexibility index (Phi) is 2.63. The summed E-state index contributed by atoms with van der Waals surface area (Å²) in [5.41, 5.74) is 7.34. The molecule has 74 valence electrons. The van der Waals surface area contributed by atoms with Crippen LogP contribution in [0.2, 0.25) is 0 Å². The minimum absolute atomic E-state index is 0.0654. The van der Waals surface area contributed by atoms with Crippen LogP contribution in [0.1, 0.15) is 10.8 Å². The normalized spacial score (nSPS) is 21.7. The van der Waals surface area contributed by atoms with Crippen LogP contribution in [-0.2, 0) is 4.79 Å². The molecule has 4 heteroatoms. The summed E-state index contributed by atoms with van der Waals surface area (Å²) in [5.74, 6) is 1.08. The number of amides is 1. The van der Waals surface area contributed by atoms with Crippen molar-refractivity contribution in [2.45, 2.75) is 5.25 Å². The van der Waals surface area contributed by atoms with Gasteiger partial charge in [-0.1, -0.05) is 12.1 Å². The van der Waals surface area contributed by atoms with Crippen LogP contribution in [0.3, 0.4) is 0 Å². The molecule has 1 aliphatic heterocycles. The van der Waals surface area contributed by atoms with Gasteiger partial charge in [-0.25, -0.2) is 0 Å². The van der Waals surface area contributed by atoms with Crippen molar-refractivity contribution in [3.05, 3.63) is 29.8 Å². The molecule has 0 bridgehead atoms. The lowest BCUT2D eigenvalue weighted by Crippen LogP contribution is -2.34. The summed E-state index contributed by atoms with van der Waals surface area (Å²) in [7, 11) is 0. The van der Waals surface area contributed by atoms with Crippen LogP contribution in [0.5, 0.6) is 0 Å². The highest BCUT2D eigenvalue weighted by Gasteiger charge is 2.23. The summed E-state index contributed by atoms with van der Waals surface area (Å²) in [6.45, 7) is 0.773. The summed E-state index contributed by atoms with van der Waals surface area (Å²) in [5, 5.41) is 2.79. The third kappa shape index (κ3) is 1.85. The first-order valence-electron chi connectivity index (χ1n) is 4.52. The van der Waals surface area contributed by atoms with E-state index in [1.807, 2.05) is 24.3 Å². The quantitative estimate of drug-likeness (QED) is 0.681. The molecule has 1 aliphatic rings. The van der Waals surface area contributed by atoms with Gasteiger partial charge >= 0.3 is 0 Å². The summed E-state index contributed by atoms with van der Waals surface area (Å²) >= 11 is 1.68. The van der Waals surface area contributed by atoms with E-state index in [1.54, 1.807) is 11.8 Å². The van der Waals surface area contributed by atoms with Crippen LogP contribution >= 0.6 is 11.8 Å². The van der Waals surface area contributed by atoms with Gasteiger partial charge in [0.25, 0.3) is 0 Å². The maximum absolute atomic E-state index is 11.5. The number of anilines is 1. The van der Waals surface area contributed by atoms with Crippen molar-refractivity contribution in [3.8, 4) is 0 Å². The van der Waals surface area contributed by atoms with Gasteiger partial charge in [0.05, 0.1) is 0 Å². The summed E-state index contributed by atoms with van der Waals surface area (Å²) in [6.07, 6.45) is 0. The van der Waals surface area contributed by atoms with Crippen LogP contribution in [0.25, 0.3) is 0 Å². The van der Waals surface area contributed by atoms with E-state index in [0.29, 0.717) is 0 Å². The zero-order chi connectivity index (χ0) is 9.97. The number of thioether (sulfide) groups is 1. The highest BCUT2D eigenvalue weighted by molar-refractivity contribution is 8.00. The number of rotatable bonds is 1. The molecule has 1 saturated heterocycles. The minimum Gasteiger partial charge on any atom is -0.399 e. The van der Waals surface area contributed by atoms with Gasteiger partial charge in [-0.15, -0.1) is 11.8 Å². The molecule has 1 aromatic rings. The number of hydrogen-bond acceptors (Lipinski definition) is 3. The van der Waals surface area contributed by atoms with Gasteiger partial charge in [0.1, 0.15) is 5.25 Å². The Morgan fingerprint density at radius 1 is 1.36 bits per heavy atom. The molecule has 0 aromatic heterocycles. The second-order valence-corrected chi connectivity index (χ2v) is 4.42. The van der Waals surface area contributed by atoms with Gasteiger partial charge in [0.15, 0.2) is 0 Å². The number of nitrogen functional groups attached to an aromatic ring is 1. The topological polar surface area (TPSA) is 55.1 Å². The Morgan fingerprint density at radius 3 is 2.71 bits per heavy atom. The van der Waals surface area contributed by atoms with Gasteiger partial charge in [-0.3, -0.25) is 4.79 Å². The average Bonchev–Trinajstić information content (AvgIpc) is 2.20. The van der Waals surface area contributed by atoms with E-state index < -0.39 is 0 Å². The van der Waals surface area contributed by atoms with Crippen molar-refractivity contribution >= 4 is 23.4 Å². The van der Waals surface area contributed by atoms with Crippen molar-refractivity contribution in [1.82, 2.24) is 5.32 Å². The molecule has 0 radical (unpaired) electrons. The zero-order valence-electron chi connectivity index (χ0n) is 7.69. The fraction of sp³-hybridized carbons (Fsp3) is 0.300. The van der Waals surface area contributed by atoms with Gasteiger partial charge < -0.3 is 11.1 Å². The second-order valence-electron chi connectivity index (χ2n) is 3.21. The van der Waals surface area contributed by atoms with Crippen molar-refractivity contribution in [3.63, 3.8) is 0 Å². The van der Waals surface area contributed by atoms with Gasteiger partial charge in [-0.2, -0.15) is 0 Å². The fourth-order valence-electron chi connectivity index (χ4n) is 1.44. The molecule has 3 N–H and O–H groups in total. The van der Waals surface area contributed by atoms with Gasteiger partial charge in [0, 0.05) is 18.0 Å². The molecule has 0 spiro atoms. The standard InChI is InChI=1S/C10H12N2OS/c11-8-3-1-7(2-4-8)9-10(13)12-5-6-14-9/h1-4,9H,5-6,11H2,(H,12,13). The number of carbonyl (C=O) groups is 1. The molecule has 1 unspecified atom stereocenters. The molecular formula is C10H12N2OS. The summed E-state index contributed by atoms with van der Waals surface area (Å²) in [6, 6.07) is 7.49. The highest BCUT2D eigenvalue weighted by atomic mass is 32.2. The molecule has 1 heterocycles. The van der Waals surface area contributed by atoms with Crippen LogP contribution < -0.4 is 11.1 Å². The largest absolute Gasteiger partial charge is 0.399 e. The van der Waals surface area contributed by atoms with Crippen molar-refractivity contribution in [1.29, 1.82) is 0 Å². The van der Waals surface area contributed by atoms with E-state index in [1.165, 1.54) is 0 Å². The lowest BCUT2D eigenvalue weighted by Gasteiger charge is -2.21. The first-order chi connectivity index (χ1) is 6.77. The number of hydrogen-bond donors (Lipinski definition) is 2. The average molecular weight is 208 g/mol. The maximum atomic E-state index is 11.5. The summed E-state index contributed by atoms with van der Waals surface area (Å²) in [4.78, 5) is 11.5. The van der Waals surface area contributed by atoms with E-state index in [-0.39, 0.29) is 11.2 Å². The molecule has 3 nitrogen and oxygen atoms in total. The lowest BCUT2D eigenvalue weighted by molar-refractivity contribution is -0.120. The molecule has 14 heavy (non-hydrogen) atoms. The Hall–Kier alpha value is -1.16. The zero-order valence-corrected chi connectivity index (χ0v) is 8.51. The van der Waals surface area contributed by atoms with Crippen LogP contribution in [-0.4, -0.2) is 18.2 Å². The van der Waals surface area contributed by atoms with Crippen LogP contribution in [0, 0.1) is 0 Å². The van der Waals surface area contributed by atoms with Crippen molar-refractivity contribution in [2.24, 2.45) is 0 Å².